The summed E-state index contributed by atoms with van der Waals surface area (Å²) < 4.78 is 0. The molecule has 0 radical (unpaired) electrons. The molecular formula is C20H33N. The number of hydrogen-bond acceptors (Lipinski definition) is 1. The van der Waals surface area contributed by atoms with Crippen LogP contribution < -0.4 is 5.32 Å². The smallest absolute Gasteiger partial charge is 0.0167 e. The van der Waals surface area contributed by atoms with Crippen molar-refractivity contribution in [3.05, 3.63) is 48.0 Å². The van der Waals surface area contributed by atoms with E-state index in [1.807, 2.05) is 0 Å². The third-order valence-electron chi connectivity index (χ3n) is 4.78. The zero-order chi connectivity index (χ0) is 15.7. The van der Waals surface area contributed by atoms with Crippen molar-refractivity contribution in [2.24, 2.45) is 0 Å². The molecule has 1 atom stereocenters. The van der Waals surface area contributed by atoms with Crippen LogP contribution in [0.5, 0.6) is 0 Å². The van der Waals surface area contributed by atoms with E-state index in [1.165, 1.54) is 36.8 Å². The summed E-state index contributed by atoms with van der Waals surface area (Å²) in [5, 5.41) is 3.82. The molecule has 0 aliphatic rings. The van der Waals surface area contributed by atoms with Crippen molar-refractivity contribution in [1.82, 2.24) is 5.32 Å². The molecule has 0 heterocycles. The van der Waals surface area contributed by atoms with Crippen LogP contribution in [0.3, 0.4) is 0 Å². The predicted molar refractivity (Wildman–Crippen MR) is 94.8 cm³/mol. The summed E-state index contributed by atoms with van der Waals surface area (Å²) in [6, 6.07) is 11.6. The molecule has 0 aliphatic heterocycles. The van der Waals surface area contributed by atoms with Crippen LogP contribution in [0.4, 0.5) is 0 Å². The van der Waals surface area contributed by atoms with Crippen LogP contribution in [0, 0.1) is 0 Å². The van der Waals surface area contributed by atoms with Gasteiger partial charge in [-0.25, -0.2) is 0 Å². The van der Waals surface area contributed by atoms with Gasteiger partial charge in [-0.3, -0.25) is 0 Å². The fraction of sp³-hybridized carbons (Fsp3) is 0.600. The molecule has 1 N–H and O–H groups in total. The van der Waals surface area contributed by atoms with Crippen molar-refractivity contribution in [3.8, 4) is 0 Å². The van der Waals surface area contributed by atoms with E-state index < -0.39 is 0 Å². The summed E-state index contributed by atoms with van der Waals surface area (Å²) in [6.07, 6.45) is 5.81. The molecule has 21 heavy (non-hydrogen) atoms. The van der Waals surface area contributed by atoms with Gasteiger partial charge in [0.2, 0.25) is 0 Å². The zero-order valence-electron chi connectivity index (χ0n) is 14.4. The summed E-state index contributed by atoms with van der Waals surface area (Å²) >= 11 is 0. The van der Waals surface area contributed by atoms with E-state index in [4.69, 9.17) is 0 Å². The Labute approximate surface area is 131 Å². The van der Waals surface area contributed by atoms with Gasteiger partial charge in [0.15, 0.2) is 0 Å². The highest BCUT2D eigenvalue weighted by Crippen LogP contribution is 2.37. The molecule has 118 valence electrons. The Balaban J connectivity index is 3.07. The second kappa shape index (κ2) is 9.04. The van der Waals surface area contributed by atoms with E-state index in [1.54, 1.807) is 0 Å². The van der Waals surface area contributed by atoms with Gasteiger partial charge in [0, 0.05) is 11.5 Å². The van der Waals surface area contributed by atoms with Gasteiger partial charge in [-0.15, -0.1) is 6.58 Å². The minimum Gasteiger partial charge on any atom is -0.313 e. The van der Waals surface area contributed by atoms with Gasteiger partial charge in [0.05, 0.1) is 0 Å². The van der Waals surface area contributed by atoms with Crippen LogP contribution in [0.1, 0.15) is 65.4 Å². The molecule has 0 saturated carbocycles. The van der Waals surface area contributed by atoms with Crippen LogP contribution in [0.25, 0.3) is 0 Å². The van der Waals surface area contributed by atoms with E-state index in [0.717, 1.165) is 13.0 Å². The van der Waals surface area contributed by atoms with Crippen LogP contribution in [0.2, 0.25) is 0 Å². The topological polar surface area (TPSA) is 12.0 Å². The summed E-state index contributed by atoms with van der Waals surface area (Å²) in [4.78, 5) is 0. The summed E-state index contributed by atoms with van der Waals surface area (Å²) in [7, 11) is 0. The highest BCUT2D eigenvalue weighted by Gasteiger charge is 2.36. The van der Waals surface area contributed by atoms with Crippen molar-refractivity contribution in [2.75, 3.05) is 6.54 Å². The molecular weight excluding hydrogens is 254 g/mol. The lowest BCUT2D eigenvalue weighted by Crippen LogP contribution is -2.48. The molecule has 0 aromatic heterocycles. The van der Waals surface area contributed by atoms with Crippen LogP contribution >= 0.6 is 0 Å². The monoisotopic (exact) mass is 287 g/mol. The van der Waals surface area contributed by atoms with Gasteiger partial charge >= 0.3 is 0 Å². The lowest BCUT2D eigenvalue weighted by molar-refractivity contribution is 0.258. The standard InChI is InChI=1S/C20H33N/c1-6-16-21-19(15-14-17(4)5)20(7-2,8-3)18-12-10-9-11-13-18/h9-13,19,21H,4,6-8,14-16H2,1-3,5H3. The summed E-state index contributed by atoms with van der Waals surface area (Å²) in [6.45, 7) is 14.2. The van der Waals surface area contributed by atoms with Gasteiger partial charge in [-0.2, -0.15) is 0 Å². The lowest BCUT2D eigenvalue weighted by atomic mass is 9.68. The molecule has 0 aliphatic carbocycles. The molecule has 0 saturated heterocycles. The minimum absolute atomic E-state index is 0.228. The van der Waals surface area contributed by atoms with Gasteiger partial charge in [-0.05, 0) is 51.1 Å². The second-order valence-electron chi connectivity index (χ2n) is 6.23. The second-order valence-corrected chi connectivity index (χ2v) is 6.23. The molecule has 0 fully saturated rings. The highest BCUT2D eigenvalue weighted by molar-refractivity contribution is 5.28. The first kappa shape index (κ1) is 18.0. The minimum atomic E-state index is 0.228. The van der Waals surface area contributed by atoms with Crippen molar-refractivity contribution >= 4 is 0 Å². The number of allylic oxidation sites excluding steroid dienone is 1. The fourth-order valence-electron chi connectivity index (χ4n) is 3.41. The van der Waals surface area contributed by atoms with Crippen LogP contribution in [-0.4, -0.2) is 12.6 Å². The average Bonchev–Trinajstić information content (AvgIpc) is 2.51. The van der Waals surface area contributed by atoms with Crippen molar-refractivity contribution < 1.29 is 0 Å². The van der Waals surface area contributed by atoms with E-state index >= 15 is 0 Å². The lowest BCUT2D eigenvalue weighted by Gasteiger charge is -2.41. The normalized spacial score (nSPS) is 13.1. The maximum Gasteiger partial charge on any atom is 0.0167 e. The Bertz CT molecular complexity index is 403. The van der Waals surface area contributed by atoms with Crippen molar-refractivity contribution in [1.29, 1.82) is 0 Å². The van der Waals surface area contributed by atoms with E-state index in [-0.39, 0.29) is 5.41 Å². The summed E-state index contributed by atoms with van der Waals surface area (Å²) in [5.41, 5.74) is 2.99. The number of hydrogen-bond donors (Lipinski definition) is 1. The number of nitrogens with one attached hydrogen (secondary N) is 1. The van der Waals surface area contributed by atoms with E-state index in [0.29, 0.717) is 6.04 Å². The quantitative estimate of drug-likeness (QED) is 0.563. The van der Waals surface area contributed by atoms with Gasteiger partial charge in [0.1, 0.15) is 0 Å². The van der Waals surface area contributed by atoms with Gasteiger partial charge in [-0.1, -0.05) is 56.7 Å². The van der Waals surface area contributed by atoms with Gasteiger partial charge < -0.3 is 5.32 Å². The molecule has 1 unspecified atom stereocenters. The molecule has 0 bridgehead atoms. The molecule has 1 nitrogen and oxygen atoms in total. The van der Waals surface area contributed by atoms with E-state index in [2.05, 4.69) is 69.9 Å². The fourth-order valence-corrected chi connectivity index (χ4v) is 3.41. The third-order valence-corrected chi connectivity index (χ3v) is 4.78. The number of benzene rings is 1. The SMILES string of the molecule is C=C(C)CCC(NCCC)C(CC)(CC)c1ccccc1. The molecule has 1 aromatic carbocycles. The average molecular weight is 287 g/mol. The van der Waals surface area contributed by atoms with Gasteiger partial charge in [0.25, 0.3) is 0 Å². The molecule has 0 spiro atoms. The first-order valence-corrected chi connectivity index (χ1v) is 8.54. The highest BCUT2D eigenvalue weighted by atomic mass is 14.9. The molecule has 1 aromatic rings. The Kier molecular flexibility index (Phi) is 7.74. The molecule has 1 rings (SSSR count). The Morgan fingerprint density at radius 1 is 1.14 bits per heavy atom. The van der Waals surface area contributed by atoms with Crippen molar-refractivity contribution in [2.45, 2.75) is 71.3 Å². The van der Waals surface area contributed by atoms with Crippen LogP contribution in [-0.2, 0) is 5.41 Å². The maximum absolute atomic E-state index is 4.09. The van der Waals surface area contributed by atoms with Crippen LogP contribution in [0.15, 0.2) is 42.5 Å². The Hall–Kier alpha value is -1.08. The van der Waals surface area contributed by atoms with Crippen molar-refractivity contribution in [3.63, 3.8) is 0 Å². The summed E-state index contributed by atoms with van der Waals surface area (Å²) in [5.74, 6) is 0. The first-order valence-electron chi connectivity index (χ1n) is 8.54. The predicted octanol–water partition coefficient (Wildman–Crippen LogP) is 5.47. The number of rotatable bonds is 10. The van der Waals surface area contributed by atoms with E-state index in [9.17, 15) is 0 Å². The molecule has 0 amide bonds. The Morgan fingerprint density at radius 2 is 1.76 bits per heavy atom. The first-order chi connectivity index (χ1) is 10.1. The zero-order valence-corrected chi connectivity index (χ0v) is 14.4. The molecule has 1 heteroatoms. The Morgan fingerprint density at radius 3 is 2.24 bits per heavy atom. The maximum atomic E-state index is 4.09. The largest absolute Gasteiger partial charge is 0.313 e. The third kappa shape index (κ3) is 4.71.